The lowest BCUT2D eigenvalue weighted by molar-refractivity contribution is -0.213. The third-order valence-electron chi connectivity index (χ3n) is 6.55. The minimum absolute atomic E-state index is 0.0248. The molecule has 5 unspecified atom stereocenters. The van der Waals surface area contributed by atoms with Crippen molar-refractivity contribution in [2.24, 2.45) is 0 Å². The number of halogens is 3. The number of rotatable bonds is 6. The zero-order chi connectivity index (χ0) is 25.3. The fraction of sp³-hybridized carbons (Fsp3) is 0.591. The van der Waals surface area contributed by atoms with Crippen molar-refractivity contribution in [1.29, 1.82) is 0 Å². The molecule has 1 saturated heterocycles. The number of hydrogen-bond acceptors (Lipinski definition) is 8. The molecule has 7 atom stereocenters. The first-order valence-corrected chi connectivity index (χ1v) is 11.3. The van der Waals surface area contributed by atoms with Crippen molar-refractivity contribution in [2.75, 3.05) is 13.7 Å². The number of amides is 1. The van der Waals surface area contributed by atoms with Crippen molar-refractivity contribution in [3.05, 3.63) is 35.8 Å². The van der Waals surface area contributed by atoms with Crippen LogP contribution in [-0.2, 0) is 14.3 Å². The molecule has 1 aliphatic heterocycles. The van der Waals surface area contributed by atoms with Crippen LogP contribution in [0.25, 0.3) is 11.3 Å². The average molecular weight is 500 g/mol. The van der Waals surface area contributed by atoms with Gasteiger partial charge in [0.05, 0.1) is 24.9 Å². The molecule has 13 heteroatoms. The summed E-state index contributed by atoms with van der Waals surface area (Å²) in [5.74, 6) is -5.03. The van der Waals surface area contributed by atoms with E-state index in [1.54, 1.807) is 0 Å². The van der Waals surface area contributed by atoms with E-state index >= 15 is 0 Å². The lowest BCUT2D eigenvalue weighted by atomic mass is 9.90. The molecule has 2 aliphatic rings. The molecule has 35 heavy (non-hydrogen) atoms. The predicted octanol–water partition coefficient (Wildman–Crippen LogP) is 0.459. The maximum Gasteiger partial charge on any atom is 0.252 e. The number of carbonyl (C=O) groups excluding carboxylic acids is 1. The van der Waals surface area contributed by atoms with E-state index < -0.39 is 72.6 Å². The van der Waals surface area contributed by atoms with Crippen molar-refractivity contribution in [2.45, 2.75) is 68.3 Å². The highest BCUT2D eigenvalue weighted by molar-refractivity contribution is 5.82. The first kappa shape index (κ1) is 25.5. The van der Waals surface area contributed by atoms with Crippen molar-refractivity contribution < 1.29 is 42.8 Å². The summed E-state index contributed by atoms with van der Waals surface area (Å²) >= 11 is 0. The summed E-state index contributed by atoms with van der Waals surface area (Å²) < 4.78 is 53.0. The topological polar surface area (TPSA) is 139 Å². The number of nitrogens with zero attached hydrogens (tertiary/aromatic N) is 3. The second-order valence-corrected chi connectivity index (χ2v) is 8.76. The second-order valence-electron chi connectivity index (χ2n) is 8.76. The Bertz CT molecular complexity index is 1030. The van der Waals surface area contributed by atoms with Crippen LogP contribution in [0.15, 0.2) is 18.3 Å². The second kappa shape index (κ2) is 10.6. The normalized spacial score (nSPS) is 31.3. The Kier molecular flexibility index (Phi) is 7.71. The van der Waals surface area contributed by atoms with Crippen LogP contribution in [0.1, 0.15) is 31.7 Å². The van der Waals surface area contributed by atoms with Gasteiger partial charge in [0.1, 0.15) is 30.0 Å². The molecule has 4 N–H and O–H groups in total. The molecule has 2 fully saturated rings. The van der Waals surface area contributed by atoms with Gasteiger partial charge < -0.3 is 30.1 Å². The first-order valence-electron chi connectivity index (χ1n) is 11.3. The lowest BCUT2D eigenvalue weighted by Gasteiger charge is -2.43. The first-order chi connectivity index (χ1) is 16.7. The van der Waals surface area contributed by atoms with Gasteiger partial charge in [-0.1, -0.05) is 18.1 Å². The van der Waals surface area contributed by atoms with Crippen molar-refractivity contribution >= 4 is 5.91 Å². The van der Waals surface area contributed by atoms with E-state index in [9.17, 15) is 33.3 Å². The zero-order valence-corrected chi connectivity index (χ0v) is 18.9. The smallest absolute Gasteiger partial charge is 0.252 e. The molecule has 2 heterocycles. The number of aromatic nitrogens is 3. The number of ether oxygens (including phenoxy) is 2. The Balaban J connectivity index is 1.62. The molecule has 192 valence electrons. The van der Waals surface area contributed by atoms with Gasteiger partial charge in [0, 0.05) is 12.7 Å². The highest BCUT2D eigenvalue weighted by atomic mass is 19.2. The van der Waals surface area contributed by atoms with Crippen molar-refractivity contribution in [3.63, 3.8) is 0 Å². The Labute approximate surface area is 198 Å². The van der Waals surface area contributed by atoms with Gasteiger partial charge in [0.15, 0.2) is 23.6 Å². The Morgan fingerprint density at radius 3 is 2.54 bits per heavy atom. The van der Waals surface area contributed by atoms with Gasteiger partial charge in [0.25, 0.3) is 5.91 Å². The molecule has 0 spiro atoms. The summed E-state index contributed by atoms with van der Waals surface area (Å²) in [6.45, 7) is -0.625. The van der Waals surface area contributed by atoms with E-state index in [2.05, 4.69) is 15.6 Å². The molecule has 1 aromatic carbocycles. The molecule has 2 aromatic rings. The standard InChI is InChI=1S/C22H27F3N4O6/c1-34-20-18(29-8-14(27-28-29)10-6-11(23)17(25)12(24)7-10)19(32)16(9-30)35-21(20)22(33)26-13-4-2-3-5-15(13)31/h6-8,13,15-16,18-21,30-32H,2-5,9H2,1H3,(H,26,33)/t13-,15-,16?,18?,19?,20?,21?/m0/s1. The number of aliphatic hydroxyl groups excluding tert-OH is 3. The molecular weight excluding hydrogens is 473 g/mol. The fourth-order valence-corrected chi connectivity index (χ4v) is 4.67. The van der Waals surface area contributed by atoms with E-state index in [1.807, 2.05) is 0 Å². The SMILES string of the molecule is COC1C(C(=O)N[C@H]2CCCC[C@@H]2O)OC(CO)C(O)C1n1cc(-c2cc(F)c(F)c(F)c2)nn1. The van der Waals surface area contributed by atoms with Crippen LogP contribution in [0.5, 0.6) is 0 Å². The average Bonchev–Trinajstić information content (AvgIpc) is 3.33. The summed E-state index contributed by atoms with van der Waals surface area (Å²) in [7, 11) is 1.30. The van der Waals surface area contributed by atoms with Crippen LogP contribution in [0.2, 0.25) is 0 Å². The summed E-state index contributed by atoms with van der Waals surface area (Å²) in [6, 6.07) is -0.0577. The minimum atomic E-state index is -1.62. The van der Waals surface area contributed by atoms with E-state index in [4.69, 9.17) is 9.47 Å². The van der Waals surface area contributed by atoms with Gasteiger partial charge in [0.2, 0.25) is 0 Å². The third-order valence-corrected chi connectivity index (χ3v) is 6.55. The lowest BCUT2D eigenvalue weighted by Crippen LogP contribution is -2.62. The molecular formula is C22H27F3N4O6. The fourth-order valence-electron chi connectivity index (χ4n) is 4.67. The number of hydrogen-bond donors (Lipinski definition) is 4. The summed E-state index contributed by atoms with van der Waals surface area (Å²) in [4.78, 5) is 13.1. The maximum atomic E-state index is 13.7. The van der Waals surface area contributed by atoms with Gasteiger partial charge in [-0.15, -0.1) is 5.10 Å². The Hall–Kier alpha value is -2.58. The summed E-state index contributed by atoms with van der Waals surface area (Å²) in [5.41, 5.74) is -0.120. The van der Waals surface area contributed by atoms with Crippen LogP contribution in [0.4, 0.5) is 13.2 Å². The molecule has 0 radical (unpaired) electrons. The van der Waals surface area contributed by atoms with Gasteiger partial charge in [-0.2, -0.15) is 0 Å². The quantitative estimate of drug-likeness (QED) is 0.420. The monoisotopic (exact) mass is 500 g/mol. The van der Waals surface area contributed by atoms with E-state index in [0.717, 1.165) is 29.7 Å². The largest absolute Gasteiger partial charge is 0.394 e. The minimum Gasteiger partial charge on any atom is -0.394 e. The number of methoxy groups -OCH3 is 1. The summed E-state index contributed by atoms with van der Waals surface area (Å²) in [5, 5.41) is 41.4. The number of benzene rings is 1. The van der Waals surface area contributed by atoms with Crippen LogP contribution >= 0.6 is 0 Å². The predicted molar refractivity (Wildman–Crippen MR) is 113 cm³/mol. The van der Waals surface area contributed by atoms with E-state index in [1.165, 1.54) is 13.3 Å². The summed E-state index contributed by atoms with van der Waals surface area (Å²) in [6.07, 6.45) is -1.59. The highest BCUT2D eigenvalue weighted by Gasteiger charge is 2.50. The van der Waals surface area contributed by atoms with Gasteiger partial charge in [-0.25, -0.2) is 17.9 Å². The number of carbonyl (C=O) groups is 1. The number of aliphatic hydroxyl groups is 3. The molecule has 0 bridgehead atoms. The van der Waals surface area contributed by atoms with Gasteiger partial charge in [-0.05, 0) is 25.0 Å². The van der Waals surface area contributed by atoms with Crippen LogP contribution in [0, 0.1) is 17.5 Å². The van der Waals surface area contributed by atoms with Crippen LogP contribution in [0.3, 0.4) is 0 Å². The van der Waals surface area contributed by atoms with Crippen LogP contribution < -0.4 is 5.32 Å². The molecule has 1 aromatic heterocycles. The van der Waals surface area contributed by atoms with Crippen LogP contribution in [-0.4, -0.2) is 86.5 Å². The number of nitrogens with one attached hydrogen (secondary N) is 1. The Morgan fingerprint density at radius 2 is 1.91 bits per heavy atom. The molecule has 1 amide bonds. The third kappa shape index (κ3) is 5.05. The molecule has 4 rings (SSSR count). The van der Waals surface area contributed by atoms with Gasteiger partial charge in [-0.3, -0.25) is 4.79 Å². The molecule has 10 nitrogen and oxygen atoms in total. The van der Waals surface area contributed by atoms with E-state index in [0.29, 0.717) is 12.8 Å². The molecule has 1 aliphatic carbocycles. The Morgan fingerprint density at radius 1 is 1.23 bits per heavy atom. The van der Waals surface area contributed by atoms with E-state index in [-0.39, 0.29) is 11.3 Å². The highest BCUT2D eigenvalue weighted by Crippen LogP contribution is 2.33. The maximum absolute atomic E-state index is 13.7. The van der Waals surface area contributed by atoms with Gasteiger partial charge >= 0.3 is 0 Å². The van der Waals surface area contributed by atoms with Crippen molar-refractivity contribution in [3.8, 4) is 11.3 Å². The molecule has 1 saturated carbocycles. The zero-order valence-electron chi connectivity index (χ0n) is 18.9. The van der Waals surface area contributed by atoms with Crippen molar-refractivity contribution in [1.82, 2.24) is 20.3 Å².